The zero-order valence-electron chi connectivity index (χ0n) is 21.7. The van der Waals surface area contributed by atoms with Gasteiger partial charge in [0, 0.05) is 23.7 Å². The molecule has 10 heteroatoms. The number of anilines is 2. The van der Waals surface area contributed by atoms with Crippen LogP contribution in [0.5, 0.6) is 0 Å². The van der Waals surface area contributed by atoms with Gasteiger partial charge in [0.05, 0.1) is 11.7 Å². The van der Waals surface area contributed by atoms with Gasteiger partial charge in [-0.05, 0) is 75.1 Å². The second-order valence-electron chi connectivity index (χ2n) is 11.8. The quantitative estimate of drug-likeness (QED) is 0.550. The highest BCUT2D eigenvalue weighted by molar-refractivity contribution is 7.90. The number of aromatic nitrogens is 2. The van der Waals surface area contributed by atoms with Crippen LogP contribution in [0.25, 0.3) is 0 Å². The number of hydrogen-bond acceptors (Lipinski definition) is 8. The van der Waals surface area contributed by atoms with E-state index in [0.29, 0.717) is 24.7 Å². The number of carbonyl (C=O) groups excluding carboxylic acids is 1. The summed E-state index contributed by atoms with van der Waals surface area (Å²) in [4.78, 5) is 24.2. The Hall–Kier alpha value is -2.72. The topological polar surface area (TPSA) is 139 Å². The van der Waals surface area contributed by atoms with E-state index >= 15 is 0 Å². The number of pyridine rings is 2. The smallest absolute Gasteiger partial charge is 0.281 e. The van der Waals surface area contributed by atoms with Gasteiger partial charge in [-0.3, -0.25) is 4.79 Å². The lowest BCUT2D eigenvalue weighted by Crippen LogP contribution is -2.41. The number of aliphatic hydroxyl groups is 1. The molecule has 0 aromatic carbocycles. The maximum atomic E-state index is 13.4. The normalized spacial score (nSPS) is 25.5. The second kappa shape index (κ2) is 9.30. The number of nitrogens with two attached hydrogens (primary N) is 1. The van der Waals surface area contributed by atoms with Crippen molar-refractivity contribution >= 4 is 27.6 Å². The number of rotatable bonds is 5. The van der Waals surface area contributed by atoms with Gasteiger partial charge in [-0.15, -0.1) is 0 Å². The average Bonchev–Trinajstić information content (AvgIpc) is 3.06. The molecule has 4 rings (SSSR count). The van der Waals surface area contributed by atoms with Crippen LogP contribution >= 0.6 is 0 Å². The number of sulfonamides is 1. The molecular weight excluding hydrogens is 478 g/mol. The van der Waals surface area contributed by atoms with Crippen molar-refractivity contribution in [2.24, 2.45) is 11.3 Å². The van der Waals surface area contributed by atoms with Crippen molar-refractivity contribution in [2.75, 3.05) is 17.2 Å². The highest BCUT2D eigenvalue weighted by Crippen LogP contribution is 2.44. The van der Waals surface area contributed by atoms with Crippen LogP contribution in [-0.4, -0.2) is 47.6 Å². The van der Waals surface area contributed by atoms with E-state index in [-0.39, 0.29) is 33.3 Å². The predicted octanol–water partition coefficient (Wildman–Crippen LogP) is 3.46. The van der Waals surface area contributed by atoms with E-state index < -0.39 is 22.0 Å². The van der Waals surface area contributed by atoms with Crippen LogP contribution in [0.3, 0.4) is 0 Å². The Kier molecular flexibility index (Phi) is 6.81. The van der Waals surface area contributed by atoms with E-state index in [4.69, 9.17) is 10.7 Å². The fourth-order valence-electron chi connectivity index (χ4n) is 5.70. The number of carbonyl (C=O) groups is 1. The van der Waals surface area contributed by atoms with Crippen LogP contribution in [0.15, 0.2) is 35.4 Å². The summed E-state index contributed by atoms with van der Waals surface area (Å²) in [5.41, 5.74) is 6.32. The molecule has 3 atom stereocenters. The van der Waals surface area contributed by atoms with Gasteiger partial charge in [0.2, 0.25) is 0 Å². The minimum absolute atomic E-state index is 0.0406. The standard InChI is InChI=1S/C26H37N5O4S/c1-16-13-26(4,5)31(15-16)23-17(24(33)30-36(34,35)22-8-6-7-21(27)29-22)9-10-19(28-23)18-14-25(2,3)12-11-20(18)32/h6-10,16,18,20,32H,11-15H2,1-5H3,(H2,27,29)(H,30,33)/t16-,18?,20?/m0/s1. The Labute approximate surface area is 213 Å². The Morgan fingerprint density at radius 2 is 1.86 bits per heavy atom. The third-order valence-electron chi connectivity index (χ3n) is 7.45. The predicted molar refractivity (Wildman–Crippen MR) is 139 cm³/mol. The van der Waals surface area contributed by atoms with Crippen molar-refractivity contribution in [3.05, 3.63) is 41.6 Å². The first-order valence-corrected chi connectivity index (χ1v) is 13.9. The van der Waals surface area contributed by atoms with Crippen LogP contribution in [0.1, 0.15) is 82.3 Å². The molecule has 2 unspecified atom stereocenters. The van der Waals surface area contributed by atoms with Gasteiger partial charge in [0.25, 0.3) is 15.9 Å². The number of nitrogens with zero attached hydrogens (tertiary/aromatic N) is 3. The van der Waals surface area contributed by atoms with E-state index in [9.17, 15) is 18.3 Å². The summed E-state index contributed by atoms with van der Waals surface area (Å²) < 4.78 is 27.9. The van der Waals surface area contributed by atoms with Gasteiger partial charge in [0.1, 0.15) is 11.6 Å². The number of aliphatic hydroxyl groups excluding tert-OH is 1. The minimum atomic E-state index is -4.24. The van der Waals surface area contributed by atoms with E-state index in [1.807, 2.05) is 0 Å². The molecule has 2 fully saturated rings. The van der Waals surface area contributed by atoms with Crippen LogP contribution in [0, 0.1) is 11.3 Å². The molecule has 2 aromatic heterocycles. The molecule has 2 aromatic rings. The third-order valence-corrected chi connectivity index (χ3v) is 8.68. The molecule has 0 spiro atoms. The van der Waals surface area contributed by atoms with E-state index in [1.165, 1.54) is 18.2 Å². The summed E-state index contributed by atoms with van der Waals surface area (Å²) >= 11 is 0. The molecule has 1 saturated heterocycles. The summed E-state index contributed by atoms with van der Waals surface area (Å²) in [6.07, 6.45) is 2.80. The van der Waals surface area contributed by atoms with Crippen LogP contribution < -0.4 is 15.4 Å². The lowest BCUT2D eigenvalue weighted by atomic mass is 9.70. The molecule has 1 aliphatic heterocycles. The lowest BCUT2D eigenvalue weighted by molar-refractivity contribution is 0.0549. The van der Waals surface area contributed by atoms with Gasteiger partial charge in [-0.1, -0.05) is 26.8 Å². The van der Waals surface area contributed by atoms with Crippen molar-refractivity contribution in [1.82, 2.24) is 14.7 Å². The number of amides is 1. The molecule has 1 saturated carbocycles. The number of hydrogen-bond donors (Lipinski definition) is 3. The molecule has 36 heavy (non-hydrogen) atoms. The molecule has 9 nitrogen and oxygen atoms in total. The van der Waals surface area contributed by atoms with E-state index in [0.717, 1.165) is 25.0 Å². The minimum Gasteiger partial charge on any atom is -0.392 e. The molecule has 196 valence electrons. The molecule has 0 bridgehead atoms. The summed E-state index contributed by atoms with van der Waals surface area (Å²) in [5.74, 6) is -0.0913. The fraction of sp³-hybridized carbons (Fsp3) is 0.577. The molecule has 1 amide bonds. The Bertz CT molecular complexity index is 1260. The first kappa shape index (κ1) is 26.3. The van der Waals surface area contributed by atoms with Gasteiger partial charge < -0.3 is 15.7 Å². The third kappa shape index (κ3) is 5.34. The molecule has 2 aliphatic rings. The molecular formula is C26H37N5O4S. The first-order chi connectivity index (χ1) is 16.7. The zero-order valence-corrected chi connectivity index (χ0v) is 22.5. The highest BCUT2D eigenvalue weighted by atomic mass is 32.2. The monoisotopic (exact) mass is 515 g/mol. The van der Waals surface area contributed by atoms with Gasteiger partial charge in [-0.25, -0.2) is 14.7 Å². The van der Waals surface area contributed by atoms with Crippen molar-refractivity contribution in [3.63, 3.8) is 0 Å². The summed E-state index contributed by atoms with van der Waals surface area (Å²) in [7, 11) is -4.24. The zero-order chi connectivity index (χ0) is 26.5. The second-order valence-corrected chi connectivity index (χ2v) is 13.4. The van der Waals surface area contributed by atoms with E-state index in [2.05, 4.69) is 49.2 Å². The van der Waals surface area contributed by atoms with Gasteiger partial charge >= 0.3 is 0 Å². The van der Waals surface area contributed by atoms with E-state index in [1.54, 1.807) is 12.1 Å². The van der Waals surface area contributed by atoms with Crippen LogP contribution in [-0.2, 0) is 10.0 Å². The number of nitrogens with one attached hydrogen (secondary N) is 1. The first-order valence-electron chi connectivity index (χ1n) is 12.4. The van der Waals surface area contributed by atoms with Gasteiger partial charge in [-0.2, -0.15) is 8.42 Å². The van der Waals surface area contributed by atoms with Crippen molar-refractivity contribution in [3.8, 4) is 0 Å². The van der Waals surface area contributed by atoms with Gasteiger partial charge in [0.15, 0.2) is 5.03 Å². The number of nitrogen functional groups attached to an aromatic ring is 1. The summed E-state index contributed by atoms with van der Waals surface area (Å²) in [5, 5.41) is 10.5. The molecule has 3 heterocycles. The maximum absolute atomic E-state index is 13.4. The van der Waals surface area contributed by atoms with Crippen LogP contribution in [0.4, 0.5) is 11.6 Å². The SMILES string of the molecule is C[C@@H]1CN(c2nc(C3CC(C)(C)CCC3O)ccc2C(=O)NS(=O)(=O)c2cccc(N)n2)C(C)(C)C1. The lowest BCUT2D eigenvalue weighted by Gasteiger charge is -2.39. The average molecular weight is 516 g/mol. The highest BCUT2D eigenvalue weighted by Gasteiger charge is 2.41. The Morgan fingerprint density at radius 3 is 2.50 bits per heavy atom. The Morgan fingerprint density at radius 1 is 1.14 bits per heavy atom. The summed E-state index contributed by atoms with van der Waals surface area (Å²) in [6, 6.07) is 7.59. The van der Waals surface area contributed by atoms with Crippen LogP contribution in [0.2, 0.25) is 0 Å². The maximum Gasteiger partial charge on any atom is 0.281 e. The van der Waals surface area contributed by atoms with Crippen molar-refractivity contribution in [2.45, 2.75) is 82.9 Å². The molecule has 4 N–H and O–H groups in total. The molecule has 1 aliphatic carbocycles. The molecule has 0 radical (unpaired) electrons. The van der Waals surface area contributed by atoms with Crippen molar-refractivity contribution < 1.29 is 18.3 Å². The fourth-order valence-corrected chi connectivity index (χ4v) is 6.64. The largest absolute Gasteiger partial charge is 0.392 e. The Balaban J connectivity index is 1.75. The van der Waals surface area contributed by atoms with Crippen molar-refractivity contribution in [1.29, 1.82) is 0 Å². The summed E-state index contributed by atoms with van der Waals surface area (Å²) in [6.45, 7) is 11.4.